The number of aliphatic hydroxyl groups excluding tert-OH is 1. The summed E-state index contributed by atoms with van der Waals surface area (Å²) in [6, 6.07) is 11.0. The van der Waals surface area contributed by atoms with E-state index in [0.29, 0.717) is 0 Å². The topological polar surface area (TPSA) is 32.3 Å². The molecule has 0 heterocycles. The molecular formula is C17H17F2NO. The van der Waals surface area contributed by atoms with Crippen LogP contribution in [0, 0.1) is 11.6 Å². The molecule has 0 aromatic heterocycles. The van der Waals surface area contributed by atoms with Crippen LogP contribution in [0.25, 0.3) is 0 Å². The molecule has 21 heavy (non-hydrogen) atoms. The zero-order valence-electron chi connectivity index (χ0n) is 11.5. The van der Waals surface area contributed by atoms with Gasteiger partial charge in [-0.15, -0.1) is 0 Å². The molecule has 2 nitrogen and oxygen atoms in total. The van der Waals surface area contributed by atoms with Crippen LogP contribution in [-0.4, -0.2) is 11.7 Å². The number of hydrogen-bond donors (Lipinski definition) is 2. The van der Waals surface area contributed by atoms with E-state index in [1.54, 1.807) is 24.3 Å². The van der Waals surface area contributed by atoms with Crippen LogP contribution in [0.1, 0.15) is 35.3 Å². The van der Waals surface area contributed by atoms with Gasteiger partial charge in [0.1, 0.15) is 11.6 Å². The van der Waals surface area contributed by atoms with Crippen LogP contribution >= 0.6 is 0 Å². The second kappa shape index (κ2) is 5.92. The quantitative estimate of drug-likeness (QED) is 0.905. The first kappa shape index (κ1) is 14.2. The van der Waals surface area contributed by atoms with Gasteiger partial charge >= 0.3 is 0 Å². The van der Waals surface area contributed by atoms with E-state index < -0.39 is 11.9 Å². The third-order valence-corrected chi connectivity index (χ3v) is 4.01. The maximum atomic E-state index is 13.6. The van der Waals surface area contributed by atoms with Crippen LogP contribution in [0.4, 0.5) is 8.78 Å². The molecule has 2 unspecified atom stereocenters. The van der Waals surface area contributed by atoms with Crippen LogP contribution in [0.3, 0.4) is 0 Å². The highest BCUT2D eigenvalue weighted by molar-refractivity contribution is 5.35. The monoisotopic (exact) mass is 289 g/mol. The van der Waals surface area contributed by atoms with E-state index in [1.165, 1.54) is 18.2 Å². The van der Waals surface area contributed by atoms with Crippen LogP contribution in [-0.2, 0) is 6.42 Å². The summed E-state index contributed by atoms with van der Waals surface area (Å²) in [5, 5.41) is 13.3. The zero-order chi connectivity index (χ0) is 14.8. The van der Waals surface area contributed by atoms with Crippen LogP contribution in [0.15, 0.2) is 42.5 Å². The van der Waals surface area contributed by atoms with Crippen LogP contribution in [0.5, 0.6) is 0 Å². The molecule has 2 aromatic rings. The Hall–Kier alpha value is -1.78. The minimum Gasteiger partial charge on any atom is -0.387 e. The minimum absolute atomic E-state index is 0.0112. The summed E-state index contributed by atoms with van der Waals surface area (Å²) in [5.41, 5.74) is 2.35. The van der Waals surface area contributed by atoms with Crippen molar-refractivity contribution in [1.82, 2.24) is 5.32 Å². The summed E-state index contributed by atoms with van der Waals surface area (Å²) in [4.78, 5) is 0. The highest BCUT2D eigenvalue weighted by Crippen LogP contribution is 2.32. The third-order valence-electron chi connectivity index (χ3n) is 4.01. The Bertz CT molecular complexity index is 644. The van der Waals surface area contributed by atoms with Crippen molar-refractivity contribution < 1.29 is 13.9 Å². The van der Waals surface area contributed by atoms with Crippen molar-refractivity contribution in [3.05, 3.63) is 70.8 Å². The van der Waals surface area contributed by atoms with Gasteiger partial charge in [-0.05, 0) is 42.2 Å². The summed E-state index contributed by atoms with van der Waals surface area (Å²) < 4.78 is 26.9. The molecule has 0 fully saturated rings. The lowest BCUT2D eigenvalue weighted by Crippen LogP contribution is -2.25. The van der Waals surface area contributed by atoms with Crippen molar-refractivity contribution in [1.29, 1.82) is 0 Å². The van der Waals surface area contributed by atoms with Gasteiger partial charge in [0.2, 0.25) is 0 Å². The molecule has 1 aliphatic carbocycles. The van der Waals surface area contributed by atoms with Gasteiger partial charge < -0.3 is 10.4 Å². The standard InChI is InChI=1S/C17H17F2NO/c18-12-7-5-11-6-8-16(14(11)9-12)20-10-17(21)13-3-1-2-4-15(13)19/h1-5,7,9,16-17,20-21H,6,8,10H2. The molecule has 2 N–H and O–H groups in total. The van der Waals surface area contributed by atoms with Gasteiger partial charge in [0, 0.05) is 18.2 Å². The highest BCUT2D eigenvalue weighted by atomic mass is 19.1. The second-order valence-electron chi connectivity index (χ2n) is 5.38. The number of aliphatic hydroxyl groups is 1. The second-order valence-corrected chi connectivity index (χ2v) is 5.38. The molecule has 0 bridgehead atoms. The third kappa shape index (κ3) is 2.96. The van der Waals surface area contributed by atoms with E-state index in [-0.39, 0.29) is 24.0 Å². The summed E-state index contributed by atoms with van der Waals surface area (Å²) in [6.45, 7) is 0.238. The molecule has 3 rings (SSSR count). The molecule has 110 valence electrons. The summed E-state index contributed by atoms with van der Waals surface area (Å²) in [6.07, 6.45) is 0.843. The molecule has 0 amide bonds. The van der Waals surface area contributed by atoms with Crippen molar-refractivity contribution in [2.75, 3.05) is 6.54 Å². The van der Waals surface area contributed by atoms with E-state index in [1.807, 2.05) is 0 Å². The molecule has 4 heteroatoms. The van der Waals surface area contributed by atoms with Gasteiger partial charge in [-0.2, -0.15) is 0 Å². The highest BCUT2D eigenvalue weighted by Gasteiger charge is 2.23. The van der Waals surface area contributed by atoms with E-state index in [4.69, 9.17) is 0 Å². The van der Waals surface area contributed by atoms with Crippen molar-refractivity contribution >= 4 is 0 Å². The van der Waals surface area contributed by atoms with E-state index in [9.17, 15) is 13.9 Å². The largest absolute Gasteiger partial charge is 0.387 e. The average molecular weight is 289 g/mol. The van der Waals surface area contributed by atoms with Crippen molar-refractivity contribution in [2.45, 2.75) is 25.0 Å². The zero-order valence-corrected chi connectivity index (χ0v) is 11.5. The molecule has 2 atom stereocenters. The van der Waals surface area contributed by atoms with Gasteiger partial charge in [0.25, 0.3) is 0 Å². The van der Waals surface area contributed by atoms with Crippen molar-refractivity contribution in [3.8, 4) is 0 Å². The number of benzene rings is 2. The number of fused-ring (bicyclic) bond motifs is 1. The van der Waals surface area contributed by atoms with Crippen LogP contribution in [0.2, 0.25) is 0 Å². The van der Waals surface area contributed by atoms with Gasteiger partial charge in [0.15, 0.2) is 0 Å². The van der Waals surface area contributed by atoms with E-state index in [2.05, 4.69) is 5.32 Å². The normalized spacial score (nSPS) is 18.5. The lowest BCUT2D eigenvalue weighted by atomic mass is 10.1. The van der Waals surface area contributed by atoms with Gasteiger partial charge in [-0.25, -0.2) is 8.78 Å². The summed E-state index contributed by atoms with van der Waals surface area (Å²) in [7, 11) is 0. The lowest BCUT2D eigenvalue weighted by molar-refractivity contribution is 0.165. The SMILES string of the molecule is OC(CNC1CCc2ccc(F)cc21)c1ccccc1F. The molecule has 0 saturated heterocycles. The lowest BCUT2D eigenvalue weighted by Gasteiger charge is -2.18. The number of aryl methyl sites for hydroxylation is 1. The van der Waals surface area contributed by atoms with Gasteiger partial charge in [-0.3, -0.25) is 0 Å². The Labute approximate surface area is 122 Å². The fraction of sp³-hybridized carbons (Fsp3) is 0.294. The molecular weight excluding hydrogens is 272 g/mol. The van der Waals surface area contributed by atoms with Crippen LogP contribution < -0.4 is 5.32 Å². The molecule has 0 radical (unpaired) electrons. The molecule has 0 spiro atoms. The Morgan fingerprint density at radius 2 is 2.00 bits per heavy atom. The predicted octanol–water partition coefficient (Wildman–Crippen LogP) is 3.28. The Morgan fingerprint density at radius 3 is 2.81 bits per heavy atom. The van der Waals surface area contributed by atoms with E-state index >= 15 is 0 Å². The fourth-order valence-electron chi connectivity index (χ4n) is 2.89. The molecule has 0 aliphatic heterocycles. The summed E-state index contributed by atoms with van der Waals surface area (Å²) >= 11 is 0. The van der Waals surface area contributed by atoms with Gasteiger partial charge in [-0.1, -0.05) is 24.3 Å². The van der Waals surface area contributed by atoms with Crippen molar-refractivity contribution in [3.63, 3.8) is 0 Å². The number of hydrogen-bond acceptors (Lipinski definition) is 2. The van der Waals surface area contributed by atoms with Gasteiger partial charge in [0.05, 0.1) is 6.10 Å². The average Bonchev–Trinajstić information content (AvgIpc) is 2.87. The summed E-state index contributed by atoms with van der Waals surface area (Å²) in [5.74, 6) is -0.665. The number of nitrogens with one attached hydrogen (secondary N) is 1. The van der Waals surface area contributed by atoms with Crippen molar-refractivity contribution in [2.24, 2.45) is 0 Å². The number of halogens is 2. The first-order valence-electron chi connectivity index (χ1n) is 7.09. The Kier molecular flexibility index (Phi) is 3.99. The predicted molar refractivity (Wildman–Crippen MR) is 76.8 cm³/mol. The van der Waals surface area contributed by atoms with E-state index in [0.717, 1.165) is 24.0 Å². The first-order valence-corrected chi connectivity index (χ1v) is 7.09. The maximum absolute atomic E-state index is 13.6. The Balaban J connectivity index is 1.67. The smallest absolute Gasteiger partial charge is 0.129 e. The molecule has 1 aliphatic rings. The molecule has 0 saturated carbocycles. The number of rotatable bonds is 4. The Morgan fingerprint density at radius 1 is 1.19 bits per heavy atom. The molecule has 2 aromatic carbocycles. The fourth-order valence-corrected chi connectivity index (χ4v) is 2.89. The maximum Gasteiger partial charge on any atom is 0.129 e. The minimum atomic E-state index is -0.913. The first-order chi connectivity index (χ1) is 10.1.